The maximum absolute atomic E-state index is 11.6. The van der Waals surface area contributed by atoms with Gasteiger partial charge in [0.25, 0.3) is 0 Å². The normalized spacial score (nSPS) is 20.7. The zero-order chi connectivity index (χ0) is 11.8. The lowest BCUT2D eigenvalue weighted by Crippen LogP contribution is -2.34. The maximum atomic E-state index is 11.6. The number of hydrogen-bond acceptors (Lipinski definition) is 3. The first kappa shape index (κ1) is 16.7. The Bertz CT molecular complexity index is 209. The molecule has 1 fully saturated rings. The Labute approximate surface area is 110 Å². The van der Waals surface area contributed by atoms with Gasteiger partial charge in [-0.1, -0.05) is 13.3 Å². The van der Waals surface area contributed by atoms with Gasteiger partial charge < -0.3 is 15.7 Å². The lowest BCUT2D eigenvalue weighted by atomic mass is 10.0. The van der Waals surface area contributed by atoms with Crippen LogP contribution < -0.4 is 10.6 Å². The molecular weight excluding hydrogens is 240 g/mol. The molecule has 1 aliphatic heterocycles. The second-order valence-electron chi connectivity index (χ2n) is 4.59. The third kappa shape index (κ3) is 6.86. The number of nitrogens with one attached hydrogen (secondary N) is 2. The monoisotopic (exact) mass is 264 g/mol. The molecule has 102 valence electrons. The van der Waals surface area contributed by atoms with Crippen LogP contribution in [0.25, 0.3) is 0 Å². The number of carbonyl (C=O) groups excluding carboxylic acids is 1. The SMILES string of the molecule is CCC(CCO)CNC(=O)CC1CCCN1.Cl. The van der Waals surface area contributed by atoms with Crippen molar-refractivity contribution in [3.63, 3.8) is 0 Å². The minimum atomic E-state index is 0. The van der Waals surface area contributed by atoms with Gasteiger partial charge in [-0.05, 0) is 31.7 Å². The summed E-state index contributed by atoms with van der Waals surface area (Å²) in [5.41, 5.74) is 0. The van der Waals surface area contributed by atoms with Crippen LogP contribution in [-0.2, 0) is 4.79 Å². The fraction of sp³-hybridized carbons (Fsp3) is 0.917. The van der Waals surface area contributed by atoms with E-state index in [1.807, 2.05) is 0 Å². The quantitative estimate of drug-likeness (QED) is 0.645. The molecular formula is C12H25ClN2O2. The minimum Gasteiger partial charge on any atom is -0.396 e. The molecule has 1 saturated heterocycles. The maximum Gasteiger partial charge on any atom is 0.221 e. The highest BCUT2D eigenvalue weighted by Crippen LogP contribution is 2.09. The molecule has 0 aromatic heterocycles. The standard InChI is InChI=1S/C12H24N2O2.ClH/c1-2-10(5-7-15)9-14-12(16)8-11-4-3-6-13-11;/h10-11,13,15H,2-9H2,1H3,(H,14,16);1H. The van der Waals surface area contributed by atoms with E-state index in [1.54, 1.807) is 0 Å². The highest BCUT2D eigenvalue weighted by atomic mass is 35.5. The van der Waals surface area contributed by atoms with E-state index in [0.29, 0.717) is 24.9 Å². The van der Waals surface area contributed by atoms with Gasteiger partial charge in [0.05, 0.1) is 0 Å². The molecule has 0 aromatic carbocycles. The molecule has 1 rings (SSSR count). The molecule has 0 saturated carbocycles. The molecule has 0 radical (unpaired) electrons. The third-order valence-electron chi connectivity index (χ3n) is 3.30. The Morgan fingerprint density at radius 2 is 2.35 bits per heavy atom. The van der Waals surface area contributed by atoms with Crippen molar-refractivity contribution in [2.24, 2.45) is 5.92 Å². The topological polar surface area (TPSA) is 61.4 Å². The molecule has 0 spiro atoms. The number of amides is 1. The molecule has 4 nitrogen and oxygen atoms in total. The molecule has 0 aliphatic carbocycles. The van der Waals surface area contributed by atoms with E-state index < -0.39 is 0 Å². The van der Waals surface area contributed by atoms with Gasteiger partial charge in [-0.25, -0.2) is 0 Å². The van der Waals surface area contributed by atoms with Crippen molar-refractivity contribution < 1.29 is 9.90 Å². The molecule has 1 aliphatic rings. The first-order valence-corrected chi connectivity index (χ1v) is 6.37. The van der Waals surface area contributed by atoms with E-state index in [1.165, 1.54) is 6.42 Å². The summed E-state index contributed by atoms with van der Waals surface area (Å²) in [6.45, 7) is 4.03. The predicted octanol–water partition coefficient (Wildman–Crippen LogP) is 1.08. The molecule has 0 aromatic rings. The van der Waals surface area contributed by atoms with Gasteiger partial charge in [0, 0.05) is 25.6 Å². The van der Waals surface area contributed by atoms with E-state index in [4.69, 9.17) is 5.11 Å². The van der Waals surface area contributed by atoms with Crippen molar-refractivity contribution in [1.82, 2.24) is 10.6 Å². The van der Waals surface area contributed by atoms with Crippen molar-refractivity contribution in [3.8, 4) is 0 Å². The summed E-state index contributed by atoms with van der Waals surface area (Å²) in [6, 6.07) is 0.373. The predicted molar refractivity (Wildman–Crippen MR) is 71.4 cm³/mol. The van der Waals surface area contributed by atoms with Crippen LogP contribution in [0, 0.1) is 5.92 Å². The van der Waals surface area contributed by atoms with E-state index in [9.17, 15) is 4.79 Å². The van der Waals surface area contributed by atoms with Crippen molar-refractivity contribution in [2.45, 2.75) is 45.1 Å². The molecule has 1 amide bonds. The van der Waals surface area contributed by atoms with Crippen molar-refractivity contribution in [3.05, 3.63) is 0 Å². The van der Waals surface area contributed by atoms with Gasteiger partial charge >= 0.3 is 0 Å². The Balaban J connectivity index is 0.00000256. The Hall–Kier alpha value is -0.320. The minimum absolute atomic E-state index is 0. The number of aliphatic hydroxyl groups is 1. The van der Waals surface area contributed by atoms with Crippen LogP contribution >= 0.6 is 12.4 Å². The zero-order valence-electron chi connectivity index (χ0n) is 10.6. The number of halogens is 1. The molecule has 0 bridgehead atoms. The number of carbonyl (C=O) groups is 1. The summed E-state index contributed by atoms with van der Waals surface area (Å²) >= 11 is 0. The highest BCUT2D eigenvalue weighted by molar-refractivity contribution is 5.85. The summed E-state index contributed by atoms with van der Waals surface area (Å²) in [6.07, 6.45) is 4.66. The molecule has 5 heteroatoms. The van der Waals surface area contributed by atoms with Crippen LogP contribution in [0.2, 0.25) is 0 Å². The van der Waals surface area contributed by atoms with Crippen molar-refractivity contribution >= 4 is 18.3 Å². The Morgan fingerprint density at radius 3 is 2.88 bits per heavy atom. The lowest BCUT2D eigenvalue weighted by Gasteiger charge is -2.15. The number of rotatable bonds is 7. The van der Waals surface area contributed by atoms with Gasteiger partial charge in [0.2, 0.25) is 5.91 Å². The van der Waals surface area contributed by atoms with Gasteiger partial charge in [0.15, 0.2) is 0 Å². The fourth-order valence-electron chi connectivity index (χ4n) is 2.12. The van der Waals surface area contributed by atoms with Crippen molar-refractivity contribution in [1.29, 1.82) is 0 Å². The van der Waals surface area contributed by atoms with Gasteiger partial charge in [-0.2, -0.15) is 0 Å². The molecule has 17 heavy (non-hydrogen) atoms. The van der Waals surface area contributed by atoms with Crippen LogP contribution in [0.15, 0.2) is 0 Å². The second-order valence-corrected chi connectivity index (χ2v) is 4.59. The summed E-state index contributed by atoms with van der Waals surface area (Å²) in [5, 5.41) is 15.1. The molecule has 3 N–H and O–H groups in total. The first-order chi connectivity index (χ1) is 7.76. The van der Waals surface area contributed by atoms with Crippen LogP contribution in [0.3, 0.4) is 0 Å². The fourth-order valence-corrected chi connectivity index (χ4v) is 2.12. The number of hydrogen-bond donors (Lipinski definition) is 3. The largest absolute Gasteiger partial charge is 0.396 e. The molecule has 1 heterocycles. The van der Waals surface area contributed by atoms with E-state index >= 15 is 0 Å². The zero-order valence-corrected chi connectivity index (χ0v) is 11.4. The summed E-state index contributed by atoms with van der Waals surface area (Å²) in [7, 11) is 0. The van der Waals surface area contributed by atoms with E-state index in [-0.39, 0.29) is 24.9 Å². The van der Waals surface area contributed by atoms with Crippen LogP contribution in [0.1, 0.15) is 39.0 Å². The highest BCUT2D eigenvalue weighted by Gasteiger charge is 2.17. The van der Waals surface area contributed by atoms with Crippen molar-refractivity contribution in [2.75, 3.05) is 19.7 Å². The van der Waals surface area contributed by atoms with E-state index in [0.717, 1.165) is 25.8 Å². The van der Waals surface area contributed by atoms with Crippen LogP contribution in [0.5, 0.6) is 0 Å². The molecule has 2 atom stereocenters. The third-order valence-corrected chi connectivity index (χ3v) is 3.30. The number of aliphatic hydroxyl groups excluding tert-OH is 1. The summed E-state index contributed by atoms with van der Waals surface area (Å²) in [5.74, 6) is 0.543. The average molecular weight is 265 g/mol. The van der Waals surface area contributed by atoms with Crippen LogP contribution in [0.4, 0.5) is 0 Å². The summed E-state index contributed by atoms with van der Waals surface area (Å²) in [4.78, 5) is 11.6. The lowest BCUT2D eigenvalue weighted by molar-refractivity contribution is -0.121. The first-order valence-electron chi connectivity index (χ1n) is 6.37. The Kier molecular flexibility index (Phi) is 9.50. The van der Waals surface area contributed by atoms with Gasteiger partial charge in [-0.15, -0.1) is 12.4 Å². The summed E-state index contributed by atoms with van der Waals surface area (Å²) < 4.78 is 0. The van der Waals surface area contributed by atoms with Gasteiger partial charge in [-0.3, -0.25) is 4.79 Å². The van der Waals surface area contributed by atoms with Crippen LogP contribution in [-0.4, -0.2) is 36.8 Å². The molecule has 2 unspecified atom stereocenters. The average Bonchev–Trinajstić information content (AvgIpc) is 2.76. The smallest absolute Gasteiger partial charge is 0.221 e. The second kappa shape index (κ2) is 9.68. The van der Waals surface area contributed by atoms with Gasteiger partial charge in [0.1, 0.15) is 0 Å². The Morgan fingerprint density at radius 1 is 1.59 bits per heavy atom. The van der Waals surface area contributed by atoms with E-state index in [2.05, 4.69) is 17.6 Å².